The number of rotatable bonds is 1. The summed E-state index contributed by atoms with van der Waals surface area (Å²) in [5, 5.41) is 11.9. The topological polar surface area (TPSA) is 52.6 Å². The number of hydrogen-bond donors (Lipinski definition) is 2. The molecule has 2 N–H and O–H groups in total. The molecule has 70 valence electrons. The van der Waals surface area contributed by atoms with Gasteiger partial charge >= 0.3 is 6.03 Å². The first-order valence-electron chi connectivity index (χ1n) is 3.90. The van der Waals surface area contributed by atoms with E-state index in [1.54, 1.807) is 32.3 Å². The minimum Gasteiger partial charge on any atom is -0.506 e. The molecule has 2 amide bonds. The average molecular weight is 180 g/mol. The van der Waals surface area contributed by atoms with E-state index < -0.39 is 0 Å². The Morgan fingerprint density at radius 1 is 1.46 bits per heavy atom. The lowest BCUT2D eigenvalue weighted by Gasteiger charge is -2.17. The number of benzene rings is 1. The van der Waals surface area contributed by atoms with Crippen LogP contribution < -0.4 is 10.2 Å². The Hall–Kier alpha value is -1.71. The van der Waals surface area contributed by atoms with Crippen molar-refractivity contribution in [2.24, 2.45) is 0 Å². The van der Waals surface area contributed by atoms with Crippen LogP contribution in [0.4, 0.5) is 10.5 Å². The maximum atomic E-state index is 11.2. The summed E-state index contributed by atoms with van der Waals surface area (Å²) in [7, 11) is 3.13. The molecule has 0 saturated heterocycles. The van der Waals surface area contributed by atoms with Gasteiger partial charge in [0.15, 0.2) is 0 Å². The second-order valence-corrected chi connectivity index (χ2v) is 2.60. The van der Waals surface area contributed by atoms with E-state index in [0.717, 1.165) is 0 Å². The molecule has 13 heavy (non-hydrogen) atoms. The fourth-order valence-corrected chi connectivity index (χ4v) is 1.02. The van der Waals surface area contributed by atoms with E-state index in [2.05, 4.69) is 5.32 Å². The van der Waals surface area contributed by atoms with E-state index in [1.807, 2.05) is 0 Å². The molecule has 0 radical (unpaired) electrons. The Labute approximate surface area is 76.8 Å². The van der Waals surface area contributed by atoms with Crippen molar-refractivity contribution in [3.05, 3.63) is 24.3 Å². The molecule has 1 aromatic rings. The molecule has 0 spiro atoms. The van der Waals surface area contributed by atoms with Crippen molar-refractivity contribution in [1.82, 2.24) is 5.32 Å². The van der Waals surface area contributed by atoms with Gasteiger partial charge in [-0.2, -0.15) is 0 Å². The van der Waals surface area contributed by atoms with Gasteiger partial charge in [-0.3, -0.25) is 4.90 Å². The summed E-state index contributed by atoms with van der Waals surface area (Å²) in [5.74, 6) is 0.0913. The fourth-order valence-electron chi connectivity index (χ4n) is 1.02. The summed E-state index contributed by atoms with van der Waals surface area (Å²) < 4.78 is 0. The molecule has 0 aliphatic carbocycles. The van der Waals surface area contributed by atoms with Crippen LogP contribution in [0.5, 0.6) is 5.75 Å². The molecule has 4 nitrogen and oxygen atoms in total. The second kappa shape index (κ2) is 3.80. The predicted octanol–water partition coefficient (Wildman–Crippen LogP) is 1.17. The molecule has 0 atom stereocenters. The number of phenolic OH excluding ortho intramolecular Hbond substituents is 1. The van der Waals surface area contributed by atoms with Crippen LogP contribution >= 0.6 is 0 Å². The number of carbonyl (C=O) groups excluding carboxylic acids is 1. The van der Waals surface area contributed by atoms with E-state index >= 15 is 0 Å². The van der Waals surface area contributed by atoms with Crippen LogP contribution in [-0.2, 0) is 0 Å². The highest BCUT2D eigenvalue weighted by Gasteiger charge is 2.11. The predicted molar refractivity (Wildman–Crippen MR) is 51.0 cm³/mol. The van der Waals surface area contributed by atoms with E-state index in [0.29, 0.717) is 5.69 Å². The molecule has 0 saturated carbocycles. The molecule has 0 unspecified atom stereocenters. The maximum Gasteiger partial charge on any atom is 0.321 e. The number of hydrogen-bond acceptors (Lipinski definition) is 2. The first kappa shape index (κ1) is 9.38. The normalized spacial score (nSPS) is 9.38. The summed E-state index contributed by atoms with van der Waals surface area (Å²) in [6.07, 6.45) is 0. The lowest BCUT2D eigenvalue weighted by atomic mass is 10.3. The van der Waals surface area contributed by atoms with Gasteiger partial charge in [0.1, 0.15) is 5.75 Å². The molecule has 1 rings (SSSR count). The van der Waals surface area contributed by atoms with Crippen LogP contribution in [0.25, 0.3) is 0 Å². The molecule has 0 aliphatic heterocycles. The number of amides is 2. The molecule has 1 aromatic carbocycles. The molecular formula is C9H12N2O2. The van der Waals surface area contributed by atoms with Crippen molar-refractivity contribution < 1.29 is 9.90 Å². The Kier molecular flexibility index (Phi) is 2.74. The van der Waals surface area contributed by atoms with Gasteiger partial charge in [-0.15, -0.1) is 0 Å². The summed E-state index contributed by atoms with van der Waals surface area (Å²) >= 11 is 0. The number of anilines is 1. The van der Waals surface area contributed by atoms with E-state index in [9.17, 15) is 9.90 Å². The summed E-state index contributed by atoms with van der Waals surface area (Å²) in [5.41, 5.74) is 0.488. The van der Waals surface area contributed by atoms with Gasteiger partial charge < -0.3 is 10.4 Å². The monoisotopic (exact) mass is 180 g/mol. The first-order chi connectivity index (χ1) is 6.16. The molecule has 0 fully saturated rings. The van der Waals surface area contributed by atoms with Gasteiger partial charge in [0.05, 0.1) is 5.69 Å². The van der Waals surface area contributed by atoms with E-state index in [4.69, 9.17) is 0 Å². The third-order valence-electron chi connectivity index (χ3n) is 1.76. The average Bonchev–Trinajstić information content (AvgIpc) is 2.16. The van der Waals surface area contributed by atoms with Crippen molar-refractivity contribution in [2.75, 3.05) is 19.0 Å². The van der Waals surface area contributed by atoms with Crippen LogP contribution in [0, 0.1) is 0 Å². The van der Waals surface area contributed by atoms with Crippen LogP contribution in [0.1, 0.15) is 0 Å². The van der Waals surface area contributed by atoms with Crippen molar-refractivity contribution >= 4 is 11.7 Å². The smallest absolute Gasteiger partial charge is 0.321 e. The quantitative estimate of drug-likeness (QED) is 0.681. The van der Waals surface area contributed by atoms with Crippen LogP contribution in [0.15, 0.2) is 24.3 Å². The highest BCUT2D eigenvalue weighted by atomic mass is 16.3. The van der Waals surface area contributed by atoms with Crippen molar-refractivity contribution in [2.45, 2.75) is 0 Å². The molecule has 0 bridgehead atoms. The Bertz CT molecular complexity index is 312. The largest absolute Gasteiger partial charge is 0.506 e. The lowest BCUT2D eigenvalue weighted by molar-refractivity contribution is 0.249. The minimum atomic E-state index is -0.262. The maximum absolute atomic E-state index is 11.2. The van der Waals surface area contributed by atoms with Gasteiger partial charge in [0, 0.05) is 14.1 Å². The van der Waals surface area contributed by atoms with Gasteiger partial charge in [-0.05, 0) is 12.1 Å². The number of nitrogens with zero attached hydrogens (tertiary/aromatic N) is 1. The molecule has 0 heterocycles. The Morgan fingerprint density at radius 2 is 2.08 bits per heavy atom. The molecule has 0 aliphatic rings. The highest BCUT2D eigenvalue weighted by Crippen LogP contribution is 2.24. The van der Waals surface area contributed by atoms with E-state index in [1.165, 1.54) is 11.0 Å². The van der Waals surface area contributed by atoms with Crippen molar-refractivity contribution in [1.29, 1.82) is 0 Å². The number of urea groups is 1. The zero-order chi connectivity index (χ0) is 9.84. The zero-order valence-corrected chi connectivity index (χ0v) is 7.61. The van der Waals surface area contributed by atoms with Gasteiger partial charge in [-0.25, -0.2) is 4.79 Å². The second-order valence-electron chi connectivity index (χ2n) is 2.60. The first-order valence-corrected chi connectivity index (χ1v) is 3.90. The van der Waals surface area contributed by atoms with Crippen LogP contribution in [-0.4, -0.2) is 25.2 Å². The Morgan fingerprint density at radius 3 is 2.62 bits per heavy atom. The SMILES string of the molecule is CNC(=O)N(C)c1ccccc1O. The van der Waals surface area contributed by atoms with Gasteiger partial charge in [0.25, 0.3) is 0 Å². The van der Waals surface area contributed by atoms with Crippen molar-refractivity contribution in [3.8, 4) is 5.75 Å². The summed E-state index contributed by atoms with van der Waals surface area (Å²) in [4.78, 5) is 12.5. The number of carbonyl (C=O) groups is 1. The summed E-state index contributed by atoms with van der Waals surface area (Å²) in [6.45, 7) is 0. The number of para-hydroxylation sites is 2. The minimum absolute atomic E-state index is 0.0913. The summed E-state index contributed by atoms with van der Waals surface area (Å²) in [6, 6.07) is 6.41. The molecule has 0 aromatic heterocycles. The van der Waals surface area contributed by atoms with Crippen LogP contribution in [0.3, 0.4) is 0 Å². The number of aromatic hydroxyl groups is 1. The lowest BCUT2D eigenvalue weighted by Crippen LogP contribution is -2.34. The van der Waals surface area contributed by atoms with Gasteiger partial charge in [0.2, 0.25) is 0 Å². The van der Waals surface area contributed by atoms with Crippen molar-refractivity contribution in [3.63, 3.8) is 0 Å². The Balaban J connectivity index is 2.95. The van der Waals surface area contributed by atoms with Crippen LogP contribution in [0.2, 0.25) is 0 Å². The molecule has 4 heteroatoms. The fraction of sp³-hybridized carbons (Fsp3) is 0.222. The number of phenols is 1. The number of nitrogens with one attached hydrogen (secondary N) is 1. The van der Waals surface area contributed by atoms with Gasteiger partial charge in [-0.1, -0.05) is 12.1 Å². The zero-order valence-electron chi connectivity index (χ0n) is 7.61. The highest BCUT2D eigenvalue weighted by molar-refractivity contribution is 5.92. The van der Waals surface area contributed by atoms with E-state index in [-0.39, 0.29) is 11.8 Å². The third-order valence-corrected chi connectivity index (χ3v) is 1.76. The standard InChI is InChI=1S/C9H12N2O2/c1-10-9(13)11(2)7-5-3-4-6-8(7)12/h3-6,12H,1-2H3,(H,10,13). The molecular weight excluding hydrogens is 168 g/mol. The third kappa shape index (κ3) is 1.90.